The SMILES string of the molecule is Cc1cc(N(c2cccc(-c3ccccc3)c2)c2ccc3c(c2)C(C)(C)c2ccccc2-3)ccc1Oc1ccccc1C12[C@@H]3C[C@H]4C[C@H]1CC2(C4)C3. The van der Waals surface area contributed by atoms with Gasteiger partial charge in [0.15, 0.2) is 0 Å². The third kappa shape index (κ3) is 4.01. The number of anilines is 3. The van der Waals surface area contributed by atoms with Crippen LogP contribution in [0.3, 0.4) is 0 Å². The number of hydrogen-bond donors (Lipinski definition) is 0. The van der Waals surface area contributed by atoms with Gasteiger partial charge in [-0.2, -0.15) is 0 Å². The van der Waals surface area contributed by atoms with Crippen molar-refractivity contribution >= 4 is 17.1 Å². The summed E-state index contributed by atoms with van der Waals surface area (Å²) < 4.78 is 7.00. The van der Waals surface area contributed by atoms with Crippen LogP contribution in [0.4, 0.5) is 17.1 Å². The number of aryl methyl sites for hydroxylation is 1. The fraction of sp³-hybridized carbons (Fsp3) is 0.280. The van der Waals surface area contributed by atoms with Crippen LogP contribution in [-0.2, 0) is 10.8 Å². The van der Waals surface area contributed by atoms with Crippen LogP contribution in [0.2, 0.25) is 0 Å². The minimum absolute atomic E-state index is 0.0850. The van der Waals surface area contributed by atoms with E-state index in [0.717, 1.165) is 51.9 Å². The summed E-state index contributed by atoms with van der Waals surface area (Å²) in [5.74, 6) is 4.69. The van der Waals surface area contributed by atoms with E-state index in [1.807, 2.05) is 0 Å². The predicted octanol–water partition coefficient (Wildman–Crippen LogP) is 13.3. The van der Waals surface area contributed by atoms with Gasteiger partial charge in [-0.1, -0.05) is 105 Å². The standard InChI is InChI=1S/C50H45NO/c1-32-24-39(21-23-46(32)52-47-19-10-9-18-44(47)50-36-25-33-26-37(50)31-49(50,29-33)30-36)51(38-15-11-14-35(27-38)34-12-5-4-6-13-34)40-20-22-42-41-16-7-8-17-43(41)48(2,3)45(42)28-40/h4-24,27-28,33,36-37H,25-26,29-31H2,1-3H3/t33-,36+,37-,49?,50?. The number of ether oxygens (including phenoxy) is 1. The molecule has 6 aromatic rings. The number of hydrogen-bond acceptors (Lipinski definition) is 2. The summed E-state index contributed by atoms with van der Waals surface area (Å²) >= 11 is 0. The Morgan fingerprint density at radius 1 is 0.538 bits per heavy atom. The molecule has 7 fully saturated rings. The molecule has 8 aliphatic rings. The maximum atomic E-state index is 7.00. The summed E-state index contributed by atoms with van der Waals surface area (Å²) in [5.41, 5.74) is 14.7. The summed E-state index contributed by atoms with van der Waals surface area (Å²) in [4.78, 5) is 2.43. The van der Waals surface area contributed by atoms with Gasteiger partial charge in [0.1, 0.15) is 11.5 Å². The molecule has 8 aliphatic carbocycles. The van der Waals surface area contributed by atoms with Crippen molar-refractivity contribution in [3.05, 3.63) is 162 Å². The van der Waals surface area contributed by atoms with Gasteiger partial charge in [0.05, 0.1) is 0 Å². The first kappa shape index (κ1) is 30.5. The first-order chi connectivity index (χ1) is 25.4. The van der Waals surface area contributed by atoms with Gasteiger partial charge in [-0.25, -0.2) is 0 Å². The summed E-state index contributed by atoms with van der Waals surface area (Å²) in [5, 5.41) is 0. The molecular formula is C50H45NO. The maximum absolute atomic E-state index is 7.00. The Labute approximate surface area is 308 Å². The first-order valence-corrected chi connectivity index (χ1v) is 19.4. The average molecular weight is 676 g/mol. The molecule has 2 nitrogen and oxygen atoms in total. The van der Waals surface area contributed by atoms with Crippen molar-refractivity contribution < 1.29 is 4.74 Å². The molecule has 0 heterocycles. The predicted molar refractivity (Wildman–Crippen MR) is 213 cm³/mol. The molecule has 0 amide bonds. The van der Waals surface area contributed by atoms with Crippen molar-refractivity contribution in [1.82, 2.24) is 0 Å². The highest BCUT2D eigenvalue weighted by atomic mass is 16.5. The van der Waals surface area contributed by atoms with Gasteiger partial charge in [0.2, 0.25) is 0 Å². The normalized spacial score (nSPS) is 26.5. The van der Waals surface area contributed by atoms with Crippen LogP contribution in [0.5, 0.6) is 11.5 Å². The zero-order chi connectivity index (χ0) is 34.8. The Balaban J connectivity index is 0.996. The molecule has 14 rings (SSSR count). The van der Waals surface area contributed by atoms with E-state index in [9.17, 15) is 0 Å². The van der Waals surface area contributed by atoms with Gasteiger partial charge in [-0.05, 0) is 150 Å². The number of fused-ring (bicyclic) bond motifs is 3. The first-order valence-electron chi connectivity index (χ1n) is 19.4. The second kappa shape index (κ2) is 10.7. The number of benzene rings is 6. The molecule has 256 valence electrons. The largest absolute Gasteiger partial charge is 0.457 e. The van der Waals surface area contributed by atoms with E-state index in [1.54, 1.807) is 0 Å². The van der Waals surface area contributed by atoms with Crippen molar-refractivity contribution in [3.8, 4) is 33.8 Å². The van der Waals surface area contributed by atoms with E-state index in [1.165, 1.54) is 71.0 Å². The van der Waals surface area contributed by atoms with Crippen molar-refractivity contribution in [2.45, 2.75) is 63.7 Å². The average Bonchev–Trinajstić information content (AvgIpc) is 3.39. The maximum Gasteiger partial charge on any atom is 0.131 e. The smallest absolute Gasteiger partial charge is 0.131 e. The molecule has 2 unspecified atom stereocenters. The van der Waals surface area contributed by atoms with E-state index >= 15 is 0 Å². The second-order valence-electron chi connectivity index (χ2n) is 17.2. The Bertz CT molecular complexity index is 2380. The third-order valence-corrected chi connectivity index (χ3v) is 14.4. The van der Waals surface area contributed by atoms with Gasteiger partial charge in [0, 0.05) is 33.5 Å². The molecular weight excluding hydrogens is 631 g/mol. The van der Waals surface area contributed by atoms with Crippen LogP contribution < -0.4 is 9.64 Å². The van der Waals surface area contributed by atoms with Crippen molar-refractivity contribution in [1.29, 1.82) is 0 Å². The fourth-order valence-corrected chi connectivity index (χ4v) is 12.5. The minimum atomic E-state index is -0.0850. The van der Waals surface area contributed by atoms with Crippen molar-refractivity contribution in [3.63, 3.8) is 0 Å². The Kier molecular flexibility index (Phi) is 6.30. The topological polar surface area (TPSA) is 12.5 Å². The lowest BCUT2D eigenvalue weighted by molar-refractivity contribution is -0.305. The van der Waals surface area contributed by atoms with E-state index in [4.69, 9.17) is 4.74 Å². The number of para-hydroxylation sites is 1. The molecule has 0 aliphatic heterocycles. The van der Waals surface area contributed by atoms with Crippen LogP contribution in [0.15, 0.2) is 140 Å². The molecule has 0 aromatic heterocycles. The van der Waals surface area contributed by atoms with Crippen LogP contribution >= 0.6 is 0 Å². The van der Waals surface area contributed by atoms with Gasteiger partial charge in [-0.3, -0.25) is 0 Å². The lowest BCUT2D eigenvalue weighted by Gasteiger charge is -2.84. The van der Waals surface area contributed by atoms with E-state index in [0.29, 0.717) is 10.8 Å². The molecule has 52 heavy (non-hydrogen) atoms. The summed E-state index contributed by atoms with van der Waals surface area (Å²) in [6, 6.07) is 51.5. The number of nitrogens with zero attached hydrogens (tertiary/aromatic N) is 1. The highest BCUT2D eigenvalue weighted by Crippen LogP contribution is 2.87. The zero-order valence-electron chi connectivity index (χ0n) is 30.4. The van der Waals surface area contributed by atoms with Crippen LogP contribution in [0.1, 0.15) is 68.2 Å². The Morgan fingerprint density at radius 2 is 1.19 bits per heavy atom. The molecule has 0 radical (unpaired) electrons. The van der Waals surface area contributed by atoms with Crippen LogP contribution in [0, 0.1) is 30.1 Å². The van der Waals surface area contributed by atoms with Gasteiger partial charge in [-0.15, -0.1) is 0 Å². The second-order valence-corrected chi connectivity index (χ2v) is 17.2. The van der Waals surface area contributed by atoms with Gasteiger partial charge >= 0.3 is 0 Å². The van der Waals surface area contributed by atoms with Gasteiger partial charge in [0.25, 0.3) is 0 Å². The van der Waals surface area contributed by atoms with Crippen molar-refractivity contribution in [2.75, 3.05) is 4.90 Å². The molecule has 5 bridgehead atoms. The van der Waals surface area contributed by atoms with Crippen LogP contribution in [0.25, 0.3) is 22.3 Å². The quantitative estimate of drug-likeness (QED) is 0.167. The molecule has 7 saturated carbocycles. The van der Waals surface area contributed by atoms with Crippen LogP contribution in [-0.4, -0.2) is 0 Å². The van der Waals surface area contributed by atoms with E-state index in [-0.39, 0.29) is 5.41 Å². The monoisotopic (exact) mass is 675 g/mol. The fourth-order valence-electron chi connectivity index (χ4n) is 12.5. The zero-order valence-corrected chi connectivity index (χ0v) is 30.4. The highest BCUT2D eigenvalue weighted by molar-refractivity contribution is 5.86. The molecule has 6 aromatic carbocycles. The highest BCUT2D eigenvalue weighted by Gasteiger charge is 2.81. The number of rotatable bonds is 7. The molecule has 2 heteroatoms. The summed E-state index contributed by atoms with van der Waals surface area (Å²) in [6.07, 6.45) is 7.17. The minimum Gasteiger partial charge on any atom is -0.457 e. The lowest BCUT2D eigenvalue weighted by atomic mass is 9.19. The molecule has 0 saturated heterocycles. The Hall–Kier alpha value is -5.08. The Morgan fingerprint density at radius 3 is 1.98 bits per heavy atom. The summed E-state index contributed by atoms with van der Waals surface area (Å²) in [6.45, 7) is 6.93. The molecule has 5 atom stereocenters. The van der Waals surface area contributed by atoms with E-state index in [2.05, 4.69) is 165 Å². The van der Waals surface area contributed by atoms with Gasteiger partial charge < -0.3 is 9.64 Å². The van der Waals surface area contributed by atoms with E-state index < -0.39 is 0 Å². The lowest BCUT2D eigenvalue weighted by Crippen LogP contribution is -2.80. The van der Waals surface area contributed by atoms with Crippen molar-refractivity contribution in [2.24, 2.45) is 23.2 Å². The molecule has 0 N–H and O–H groups in total. The third-order valence-electron chi connectivity index (χ3n) is 14.4. The summed E-state index contributed by atoms with van der Waals surface area (Å²) in [7, 11) is 0. The molecule has 1 spiro atoms.